The van der Waals surface area contributed by atoms with E-state index in [1.165, 1.54) is 24.8 Å². The molecule has 0 atom stereocenters. The minimum Gasteiger partial charge on any atom is -0.356 e. The monoisotopic (exact) mass is 247 g/mol. The molecule has 1 heterocycles. The second-order valence-corrected chi connectivity index (χ2v) is 5.71. The molecule has 0 saturated heterocycles. The van der Waals surface area contributed by atoms with E-state index in [-0.39, 0.29) is 0 Å². The molecule has 0 spiro atoms. The number of anilines is 1. The van der Waals surface area contributed by atoms with Gasteiger partial charge in [0.05, 0.1) is 0 Å². The van der Waals surface area contributed by atoms with Gasteiger partial charge >= 0.3 is 0 Å². The van der Waals surface area contributed by atoms with Gasteiger partial charge in [-0.25, -0.2) is 4.98 Å². The van der Waals surface area contributed by atoms with Crippen molar-refractivity contribution < 1.29 is 0 Å². The van der Waals surface area contributed by atoms with Gasteiger partial charge in [-0.05, 0) is 37.8 Å². The number of pyridine rings is 1. The third-order valence-electron chi connectivity index (χ3n) is 3.69. The summed E-state index contributed by atoms with van der Waals surface area (Å²) >= 11 is 0. The Labute approximate surface area is 111 Å². The third kappa shape index (κ3) is 3.22. The van der Waals surface area contributed by atoms with Gasteiger partial charge in [0.1, 0.15) is 5.82 Å². The quantitative estimate of drug-likeness (QED) is 0.838. The second-order valence-electron chi connectivity index (χ2n) is 5.71. The van der Waals surface area contributed by atoms with Crippen LogP contribution in [0.2, 0.25) is 0 Å². The van der Waals surface area contributed by atoms with E-state index in [2.05, 4.69) is 42.2 Å². The normalized spacial score (nSPS) is 15.8. The van der Waals surface area contributed by atoms with Crippen molar-refractivity contribution in [3.63, 3.8) is 0 Å². The summed E-state index contributed by atoms with van der Waals surface area (Å²) < 4.78 is 0. The largest absolute Gasteiger partial charge is 0.356 e. The lowest BCUT2D eigenvalue weighted by Gasteiger charge is -2.36. The molecule has 100 valence electrons. The van der Waals surface area contributed by atoms with Gasteiger partial charge in [-0.2, -0.15) is 0 Å². The van der Waals surface area contributed by atoms with Crippen molar-refractivity contribution in [2.24, 2.45) is 5.92 Å². The topological polar surface area (TPSA) is 28.2 Å². The smallest absolute Gasteiger partial charge is 0.132 e. The van der Waals surface area contributed by atoms with Crippen LogP contribution in [0.3, 0.4) is 0 Å². The molecule has 18 heavy (non-hydrogen) atoms. The molecular weight excluding hydrogens is 222 g/mol. The Morgan fingerprint density at radius 1 is 1.44 bits per heavy atom. The number of aromatic nitrogens is 1. The van der Waals surface area contributed by atoms with Gasteiger partial charge in [-0.1, -0.05) is 19.9 Å². The molecule has 1 aromatic rings. The molecule has 1 fully saturated rings. The summed E-state index contributed by atoms with van der Waals surface area (Å²) in [5.41, 5.74) is 1.31. The molecule has 1 aromatic heterocycles. The predicted octanol–water partition coefficient (Wildman–Crippen LogP) is 2.82. The molecule has 0 aromatic carbocycles. The van der Waals surface area contributed by atoms with Gasteiger partial charge in [-0.3, -0.25) is 0 Å². The maximum atomic E-state index is 4.57. The number of nitrogens with one attached hydrogen (secondary N) is 1. The van der Waals surface area contributed by atoms with E-state index in [1.807, 2.05) is 12.3 Å². The van der Waals surface area contributed by atoms with E-state index in [0.29, 0.717) is 12.0 Å². The van der Waals surface area contributed by atoms with Gasteiger partial charge < -0.3 is 10.2 Å². The van der Waals surface area contributed by atoms with Crippen LogP contribution in [-0.2, 0) is 6.54 Å². The Morgan fingerprint density at radius 3 is 2.83 bits per heavy atom. The number of hydrogen-bond donors (Lipinski definition) is 1. The van der Waals surface area contributed by atoms with Gasteiger partial charge in [0.15, 0.2) is 0 Å². The fraction of sp³-hybridized carbons (Fsp3) is 0.667. The van der Waals surface area contributed by atoms with Crippen LogP contribution in [0, 0.1) is 5.92 Å². The van der Waals surface area contributed by atoms with Crippen molar-refractivity contribution in [2.45, 2.75) is 45.7 Å². The standard InChI is InChI=1S/C15H25N3/c1-12(2)10-16-11-13-6-5-9-17-15(13)18(3)14-7-4-8-14/h5-6,9,12,14,16H,4,7-8,10-11H2,1-3H3. The maximum Gasteiger partial charge on any atom is 0.132 e. The van der Waals surface area contributed by atoms with Crippen LogP contribution in [0.5, 0.6) is 0 Å². The summed E-state index contributed by atoms with van der Waals surface area (Å²) in [6.45, 7) is 6.44. The van der Waals surface area contributed by atoms with E-state index in [1.54, 1.807) is 0 Å². The molecule has 1 N–H and O–H groups in total. The Hall–Kier alpha value is -1.09. The lowest BCUT2D eigenvalue weighted by Crippen LogP contribution is -2.38. The van der Waals surface area contributed by atoms with E-state index in [9.17, 15) is 0 Å². The molecule has 1 aliphatic carbocycles. The third-order valence-corrected chi connectivity index (χ3v) is 3.69. The highest BCUT2D eigenvalue weighted by Crippen LogP contribution is 2.28. The zero-order valence-electron chi connectivity index (χ0n) is 11.8. The number of hydrogen-bond acceptors (Lipinski definition) is 3. The summed E-state index contributed by atoms with van der Waals surface area (Å²) in [7, 11) is 2.18. The molecule has 2 rings (SSSR count). The highest BCUT2D eigenvalue weighted by molar-refractivity contribution is 5.47. The van der Waals surface area contributed by atoms with Crippen LogP contribution < -0.4 is 10.2 Å². The van der Waals surface area contributed by atoms with Crippen LogP contribution in [-0.4, -0.2) is 24.6 Å². The molecule has 0 aliphatic heterocycles. The van der Waals surface area contributed by atoms with Crippen molar-refractivity contribution in [1.82, 2.24) is 10.3 Å². The molecule has 0 amide bonds. The molecule has 0 unspecified atom stereocenters. The highest BCUT2D eigenvalue weighted by Gasteiger charge is 2.24. The molecule has 1 aliphatic rings. The lowest BCUT2D eigenvalue weighted by atomic mass is 9.91. The lowest BCUT2D eigenvalue weighted by molar-refractivity contribution is 0.398. The summed E-state index contributed by atoms with van der Waals surface area (Å²) in [6.07, 6.45) is 5.89. The zero-order chi connectivity index (χ0) is 13.0. The fourth-order valence-corrected chi connectivity index (χ4v) is 2.33. The van der Waals surface area contributed by atoms with E-state index < -0.39 is 0 Å². The first-order valence-corrected chi connectivity index (χ1v) is 7.06. The van der Waals surface area contributed by atoms with E-state index >= 15 is 0 Å². The zero-order valence-corrected chi connectivity index (χ0v) is 11.8. The van der Waals surface area contributed by atoms with Crippen molar-refractivity contribution >= 4 is 5.82 Å². The van der Waals surface area contributed by atoms with Crippen LogP contribution in [0.1, 0.15) is 38.7 Å². The van der Waals surface area contributed by atoms with Gasteiger partial charge in [-0.15, -0.1) is 0 Å². The van der Waals surface area contributed by atoms with Gasteiger partial charge in [0.25, 0.3) is 0 Å². The molecular formula is C15H25N3. The Kier molecular flexibility index (Phi) is 4.59. The van der Waals surface area contributed by atoms with Crippen molar-refractivity contribution in [3.8, 4) is 0 Å². The van der Waals surface area contributed by atoms with Crippen molar-refractivity contribution in [1.29, 1.82) is 0 Å². The van der Waals surface area contributed by atoms with Crippen LogP contribution in [0.25, 0.3) is 0 Å². The summed E-state index contributed by atoms with van der Waals surface area (Å²) in [5, 5.41) is 3.50. The minimum atomic E-state index is 0.689. The van der Waals surface area contributed by atoms with Gasteiger partial charge in [0, 0.05) is 31.4 Å². The van der Waals surface area contributed by atoms with Gasteiger partial charge in [0.2, 0.25) is 0 Å². The predicted molar refractivity (Wildman–Crippen MR) is 76.8 cm³/mol. The first-order valence-electron chi connectivity index (χ1n) is 7.06. The molecule has 3 nitrogen and oxygen atoms in total. The summed E-state index contributed by atoms with van der Waals surface area (Å²) in [4.78, 5) is 6.92. The average Bonchev–Trinajstić information content (AvgIpc) is 2.26. The molecule has 0 radical (unpaired) electrons. The Balaban J connectivity index is 2.00. The van der Waals surface area contributed by atoms with Crippen LogP contribution >= 0.6 is 0 Å². The second kappa shape index (κ2) is 6.19. The maximum absolute atomic E-state index is 4.57. The Bertz CT molecular complexity index is 372. The van der Waals surface area contributed by atoms with Crippen molar-refractivity contribution in [2.75, 3.05) is 18.5 Å². The minimum absolute atomic E-state index is 0.689. The van der Waals surface area contributed by atoms with Crippen LogP contribution in [0.4, 0.5) is 5.82 Å². The van der Waals surface area contributed by atoms with E-state index in [4.69, 9.17) is 0 Å². The van der Waals surface area contributed by atoms with Crippen LogP contribution in [0.15, 0.2) is 18.3 Å². The average molecular weight is 247 g/mol. The molecule has 3 heteroatoms. The molecule has 1 saturated carbocycles. The van der Waals surface area contributed by atoms with Crippen molar-refractivity contribution in [3.05, 3.63) is 23.9 Å². The first-order chi connectivity index (χ1) is 8.68. The first kappa shape index (κ1) is 13.3. The molecule has 0 bridgehead atoms. The summed E-state index contributed by atoms with van der Waals surface area (Å²) in [6, 6.07) is 4.92. The van der Waals surface area contributed by atoms with E-state index in [0.717, 1.165) is 18.9 Å². The number of nitrogens with zero attached hydrogens (tertiary/aromatic N) is 2. The number of rotatable bonds is 6. The Morgan fingerprint density at radius 2 is 2.22 bits per heavy atom. The summed E-state index contributed by atoms with van der Waals surface area (Å²) in [5.74, 6) is 1.84. The fourth-order valence-electron chi connectivity index (χ4n) is 2.33. The SMILES string of the molecule is CC(C)CNCc1cccnc1N(C)C1CCC1. The highest BCUT2D eigenvalue weighted by atomic mass is 15.2.